The van der Waals surface area contributed by atoms with Gasteiger partial charge in [0.15, 0.2) is 5.11 Å². The van der Waals surface area contributed by atoms with E-state index in [1.165, 1.54) is 0 Å². The monoisotopic (exact) mass is 294 g/mol. The standard InChI is InChI=1S/C14H18N2O3S/c1-18-12-4-2-11(3-5-12)10-13(17)15-14(20)16-6-8-19-9-7-16/h2-5H,6-10H2,1H3,(H,15,17,20). The number of benzene rings is 1. The van der Waals surface area contributed by atoms with E-state index >= 15 is 0 Å². The summed E-state index contributed by atoms with van der Waals surface area (Å²) in [7, 11) is 1.61. The molecule has 1 N–H and O–H groups in total. The topological polar surface area (TPSA) is 50.8 Å². The molecule has 1 heterocycles. The fourth-order valence-corrected chi connectivity index (χ4v) is 2.23. The lowest BCUT2D eigenvalue weighted by atomic mass is 10.1. The summed E-state index contributed by atoms with van der Waals surface area (Å²) >= 11 is 5.22. The van der Waals surface area contributed by atoms with Gasteiger partial charge in [0.05, 0.1) is 26.7 Å². The summed E-state index contributed by atoms with van der Waals surface area (Å²) in [5.41, 5.74) is 0.924. The van der Waals surface area contributed by atoms with Crippen LogP contribution in [0.1, 0.15) is 5.56 Å². The van der Waals surface area contributed by atoms with Crippen LogP contribution in [-0.2, 0) is 16.0 Å². The fraction of sp³-hybridized carbons (Fsp3) is 0.429. The molecule has 20 heavy (non-hydrogen) atoms. The van der Waals surface area contributed by atoms with Crippen LogP contribution in [0.15, 0.2) is 24.3 Å². The van der Waals surface area contributed by atoms with Crippen LogP contribution in [0.25, 0.3) is 0 Å². The molecular formula is C14H18N2O3S. The van der Waals surface area contributed by atoms with Crippen molar-refractivity contribution in [3.05, 3.63) is 29.8 Å². The molecule has 0 atom stereocenters. The van der Waals surface area contributed by atoms with E-state index in [4.69, 9.17) is 21.7 Å². The predicted molar refractivity (Wildman–Crippen MR) is 79.8 cm³/mol. The van der Waals surface area contributed by atoms with Crippen molar-refractivity contribution >= 4 is 23.2 Å². The van der Waals surface area contributed by atoms with Crippen molar-refractivity contribution in [2.75, 3.05) is 33.4 Å². The van der Waals surface area contributed by atoms with Crippen LogP contribution in [0, 0.1) is 0 Å². The van der Waals surface area contributed by atoms with E-state index < -0.39 is 0 Å². The highest BCUT2D eigenvalue weighted by atomic mass is 32.1. The zero-order chi connectivity index (χ0) is 14.4. The maximum absolute atomic E-state index is 11.9. The van der Waals surface area contributed by atoms with Crippen molar-refractivity contribution in [2.24, 2.45) is 0 Å². The highest BCUT2D eigenvalue weighted by molar-refractivity contribution is 7.80. The van der Waals surface area contributed by atoms with Gasteiger partial charge < -0.3 is 19.7 Å². The van der Waals surface area contributed by atoms with Crippen LogP contribution < -0.4 is 10.1 Å². The number of nitrogens with one attached hydrogen (secondary N) is 1. The fourth-order valence-electron chi connectivity index (χ4n) is 1.94. The van der Waals surface area contributed by atoms with Gasteiger partial charge in [-0.15, -0.1) is 0 Å². The number of amides is 1. The van der Waals surface area contributed by atoms with Gasteiger partial charge in [-0.1, -0.05) is 12.1 Å². The number of rotatable bonds is 3. The Balaban J connectivity index is 1.83. The number of nitrogens with zero attached hydrogens (tertiary/aromatic N) is 1. The van der Waals surface area contributed by atoms with Crippen molar-refractivity contribution in [1.82, 2.24) is 10.2 Å². The number of ether oxygens (including phenoxy) is 2. The molecular weight excluding hydrogens is 276 g/mol. The minimum absolute atomic E-state index is 0.105. The molecule has 1 aromatic carbocycles. The van der Waals surface area contributed by atoms with E-state index in [0.29, 0.717) is 24.7 Å². The molecule has 1 saturated heterocycles. The van der Waals surface area contributed by atoms with Gasteiger partial charge in [0, 0.05) is 13.1 Å². The molecule has 108 valence electrons. The Morgan fingerprint density at radius 3 is 2.60 bits per heavy atom. The zero-order valence-electron chi connectivity index (χ0n) is 11.4. The predicted octanol–water partition coefficient (Wildman–Crippen LogP) is 0.971. The van der Waals surface area contributed by atoms with E-state index in [1.54, 1.807) is 7.11 Å². The van der Waals surface area contributed by atoms with Gasteiger partial charge in [-0.2, -0.15) is 0 Å². The molecule has 1 aliphatic rings. The Hall–Kier alpha value is -1.66. The Labute approximate surface area is 123 Å². The van der Waals surface area contributed by atoms with Crippen molar-refractivity contribution < 1.29 is 14.3 Å². The van der Waals surface area contributed by atoms with Crippen molar-refractivity contribution in [3.8, 4) is 5.75 Å². The van der Waals surface area contributed by atoms with E-state index in [2.05, 4.69) is 5.32 Å². The van der Waals surface area contributed by atoms with Crippen LogP contribution >= 0.6 is 12.2 Å². The second-order valence-electron chi connectivity index (χ2n) is 4.48. The van der Waals surface area contributed by atoms with Crippen LogP contribution in [0.2, 0.25) is 0 Å². The Morgan fingerprint density at radius 2 is 2.00 bits per heavy atom. The molecule has 1 amide bonds. The molecule has 0 aromatic heterocycles. The molecule has 2 rings (SSSR count). The van der Waals surface area contributed by atoms with E-state index in [0.717, 1.165) is 24.4 Å². The number of morpholine rings is 1. The van der Waals surface area contributed by atoms with Gasteiger partial charge in [-0.05, 0) is 29.9 Å². The normalized spacial score (nSPS) is 14.8. The third-order valence-electron chi connectivity index (χ3n) is 3.07. The number of thiocarbonyl (C=S) groups is 1. The minimum atomic E-state index is -0.105. The lowest BCUT2D eigenvalue weighted by Crippen LogP contribution is -2.48. The Morgan fingerprint density at radius 1 is 1.35 bits per heavy atom. The number of methoxy groups -OCH3 is 1. The zero-order valence-corrected chi connectivity index (χ0v) is 12.2. The molecule has 0 saturated carbocycles. The quantitative estimate of drug-likeness (QED) is 0.842. The molecule has 0 bridgehead atoms. The first kappa shape index (κ1) is 14.7. The summed E-state index contributed by atoms with van der Waals surface area (Å²) in [5, 5.41) is 3.24. The van der Waals surface area contributed by atoms with Gasteiger partial charge in [0.25, 0.3) is 0 Å². The first-order chi connectivity index (χ1) is 9.69. The van der Waals surface area contributed by atoms with Crippen LogP contribution in [0.3, 0.4) is 0 Å². The molecule has 1 fully saturated rings. The molecule has 0 spiro atoms. The highest BCUT2D eigenvalue weighted by Gasteiger charge is 2.15. The van der Waals surface area contributed by atoms with Crippen molar-refractivity contribution in [1.29, 1.82) is 0 Å². The Kier molecular flexibility index (Phi) is 5.31. The van der Waals surface area contributed by atoms with Gasteiger partial charge in [0.1, 0.15) is 5.75 Å². The summed E-state index contributed by atoms with van der Waals surface area (Å²) in [5.74, 6) is 0.671. The average molecular weight is 294 g/mol. The second kappa shape index (κ2) is 7.21. The van der Waals surface area contributed by atoms with E-state index in [1.807, 2.05) is 29.2 Å². The summed E-state index contributed by atoms with van der Waals surface area (Å²) in [6, 6.07) is 7.41. The van der Waals surface area contributed by atoms with Gasteiger partial charge in [0.2, 0.25) is 5.91 Å². The second-order valence-corrected chi connectivity index (χ2v) is 4.86. The summed E-state index contributed by atoms with van der Waals surface area (Å²) in [6.07, 6.45) is 0.300. The van der Waals surface area contributed by atoms with E-state index in [9.17, 15) is 4.79 Å². The number of carbonyl (C=O) groups excluding carboxylic acids is 1. The van der Waals surface area contributed by atoms with Crippen LogP contribution in [-0.4, -0.2) is 49.3 Å². The maximum atomic E-state index is 11.9. The summed E-state index contributed by atoms with van der Waals surface area (Å²) in [6.45, 7) is 2.74. The molecule has 0 unspecified atom stereocenters. The maximum Gasteiger partial charge on any atom is 0.230 e. The highest BCUT2D eigenvalue weighted by Crippen LogP contribution is 2.11. The first-order valence-electron chi connectivity index (χ1n) is 6.48. The molecule has 0 radical (unpaired) electrons. The van der Waals surface area contributed by atoms with Gasteiger partial charge in [-0.25, -0.2) is 0 Å². The van der Waals surface area contributed by atoms with E-state index in [-0.39, 0.29) is 5.91 Å². The number of hydrogen-bond donors (Lipinski definition) is 1. The minimum Gasteiger partial charge on any atom is -0.497 e. The van der Waals surface area contributed by atoms with Crippen LogP contribution in [0.5, 0.6) is 5.75 Å². The lowest BCUT2D eigenvalue weighted by Gasteiger charge is -2.28. The molecule has 0 aliphatic carbocycles. The third kappa shape index (κ3) is 4.18. The summed E-state index contributed by atoms with van der Waals surface area (Å²) in [4.78, 5) is 13.9. The largest absolute Gasteiger partial charge is 0.497 e. The third-order valence-corrected chi connectivity index (χ3v) is 3.43. The molecule has 1 aliphatic heterocycles. The molecule has 6 heteroatoms. The van der Waals surface area contributed by atoms with Gasteiger partial charge >= 0.3 is 0 Å². The molecule has 1 aromatic rings. The summed E-state index contributed by atoms with van der Waals surface area (Å²) < 4.78 is 10.3. The first-order valence-corrected chi connectivity index (χ1v) is 6.89. The Bertz CT molecular complexity index is 470. The van der Waals surface area contributed by atoms with Crippen molar-refractivity contribution in [2.45, 2.75) is 6.42 Å². The molecule has 5 nitrogen and oxygen atoms in total. The smallest absolute Gasteiger partial charge is 0.230 e. The van der Waals surface area contributed by atoms with Crippen LogP contribution in [0.4, 0.5) is 0 Å². The number of carbonyl (C=O) groups is 1. The average Bonchev–Trinajstić information content (AvgIpc) is 2.49. The van der Waals surface area contributed by atoms with Crippen molar-refractivity contribution in [3.63, 3.8) is 0 Å². The SMILES string of the molecule is COc1ccc(CC(=O)NC(=S)N2CCOCC2)cc1. The van der Waals surface area contributed by atoms with Gasteiger partial charge in [-0.3, -0.25) is 4.79 Å². The lowest BCUT2D eigenvalue weighted by molar-refractivity contribution is -0.119. The number of hydrogen-bond acceptors (Lipinski definition) is 4.